The van der Waals surface area contributed by atoms with Gasteiger partial charge in [-0.25, -0.2) is 0 Å². The zero-order valence-corrected chi connectivity index (χ0v) is 11.8. The summed E-state index contributed by atoms with van der Waals surface area (Å²) in [6.07, 6.45) is 0. The molecule has 1 aromatic rings. The van der Waals surface area contributed by atoms with Gasteiger partial charge in [-0.1, -0.05) is 13.8 Å². The van der Waals surface area contributed by atoms with Gasteiger partial charge in [0.15, 0.2) is 0 Å². The van der Waals surface area contributed by atoms with Crippen molar-refractivity contribution in [2.45, 2.75) is 13.8 Å². The molecule has 94 valence electrons. The number of carbonyl (C=O) groups is 1. The second-order valence-corrected chi connectivity index (χ2v) is 4.60. The van der Waals surface area contributed by atoms with Gasteiger partial charge in [0.2, 0.25) is 5.91 Å². The van der Waals surface area contributed by atoms with E-state index < -0.39 is 0 Å². The van der Waals surface area contributed by atoms with E-state index in [0.717, 1.165) is 23.2 Å². The summed E-state index contributed by atoms with van der Waals surface area (Å²) in [5.74, 6) is -0.0147. The van der Waals surface area contributed by atoms with Crippen molar-refractivity contribution >= 4 is 33.2 Å². The van der Waals surface area contributed by atoms with E-state index in [1.165, 1.54) is 0 Å². The van der Waals surface area contributed by atoms with Crippen LogP contribution in [0.5, 0.6) is 0 Å². The quantitative estimate of drug-likeness (QED) is 0.820. The van der Waals surface area contributed by atoms with Gasteiger partial charge < -0.3 is 11.1 Å². The van der Waals surface area contributed by atoms with Crippen molar-refractivity contribution in [3.63, 3.8) is 0 Å². The number of nitrogen functional groups attached to an aromatic ring is 1. The van der Waals surface area contributed by atoms with Crippen molar-refractivity contribution in [3.8, 4) is 0 Å². The van der Waals surface area contributed by atoms with E-state index in [4.69, 9.17) is 5.73 Å². The predicted molar refractivity (Wildman–Crippen MR) is 75.0 cm³/mol. The molecule has 0 atom stereocenters. The summed E-state index contributed by atoms with van der Waals surface area (Å²) in [4.78, 5) is 13.8. The highest BCUT2D eigenvalue weighted by atomic mass is 79.9. The van der Waals surface area contributed by atoms with Gasteiger partial charge in [-0.3, -0.25) is 9.69 Å². The number of likely N-dealkylation sites (N-methyl/N-ethyl adjacent to an activating group) is 1. The van der Waals surface area contributed by atoms with Crippen LogP contribution < -0.4 is 11.1 Å². The molecule has 3 N–H and O–H groups in total. The summed E-state index contributed by atoms with van der Waals surface area (Å²) < 4.78 is 0.797. The Labute approximate surface area is 110 Å². The topological polar surface area (TPSA) is 58.4 Å². The minimum absolute atomic E-state index is 0.0147. The Balaban J connectivity index is 2.62. The third kappa shape index (κ3) is 4.36. The zero-order chi connectivity index (χ0) is 12.8. The molecular formula is C12H18BrN3O. The number of rotatable bonds is 5. The van der Waals surface area contributed by atoms with Crippen LogP contribution >= 0.6 is 15.9 Å². The highest BCUT2D eigenvalue weighted by Gasteiger charge is 2.09. The van der Waals surface area contributed by atoms with Crippen LogP contribution in [0.2, 0.25) is 0 Å². The van der Waals surface area contributed by atoms with E-state index in [-0.39, 0.29) is 5.91 Å². The normalized spacial score (nSPS) is 10.6. The van der Waals surface area contributed by atoms with Crippen molar-refractivity contribution in [3.05, 3.63) is 22.7 Å². The fourth-order valence-corrected chi connectivity index (χ4v) is 1.97. The van der Waals surface area contributed by atoms with Crippen molar-refractivity contribution in [1.29, 1.82) is 0 Å². The molecule has 0 bridgehead atoms. The van der Waals surface area contributed by atoms with Gasteiger partial charge in [0, 0.05) is 10.2 Å². The Morgan fingerprint density at radius 3 is 2.59 bits per heavy atom. The molecule has 0 aliphatic heterocycles. The first kappa shape index (κ1) is 14.0. The van der Waals surface area contributed by atoms with Gasteiger partial charge in [0.05, 0.1) is 12.2 Å². The van der Waals surface area contributed by atoms with Crippen LogP contribution in [0.1, 0.15) is 13.8 Å². The maximum Gasteiger partial charge on any atom is 0.238 e. The Hall–Kier alpha value is -1.07. The van der Waals surface area contributed by atoms with E-state index in [9.17, 15) is 4.79 Å². The van der Waals surface area contributed by atoms with Crippen molar-refractivity contribution in [2.75, 3.05) is 30.7 Å². The molecule has 0 unspecified atom stereocenters. The number of nitrogens with zero attached hydrogens (tertiary/aromatic N) is 1. The molecule has 0 spiro atoms. The van der Waals surface area contributed by atoms with Crippen molar-refractivity contribution in [1.82, 2.24) is 4.90 Å². The monoisotopic (exact) mass is 299 g/mol. The first-order valence-electron chi connectivity index (χ1n) is 5.64. The number of amides is 1. The van der Waals surface area contributed by atoms with Crippen molar-refractivity contribution < 1.29 is 4.79 Å². The SMILES string of the molecule is CCN(CC)CC(=O)Nc1ccc(N)cc1Br. The third-order valence-corrected chi connectivity index (χ3v) is 3.18. The smallest absolute Gasteiger partial charge is 0.238 e. The third-order valence-electron chi connectivity index (χ3n) is 2.53. The average Bonchev–Trinajstić information content (AvgIpc) is 2.29. The van der Waals surface area contributed by atoms with Gasteiger partial charge in [-0.2, -0.15) is 0 Å². The summed E-state index contributed by atoms with van der Waals surface area (Å²) in [6.45, 7) is 6.22. The summed E-state index contributed by atoms with van der Waals surface area (Å²) in [7, 11) is 0. The number of anilines is 2. The Morgan fingerprint density at radius 1 is 1.41 bits per heavy atom. The second-order valence-electron chi connectivity index (χ2n) is 3.75. The van der Waals surface area contributed by atoms with Gasteiger partial charge in [0.25, 0.3) is 0 Å². The van der Waals surface area contributed by atoms with Gasteiger partial charge in [-0.05, 0) is 47.2 Å². The molecule has 0 aromatic heterocycles. The van der Waals surface area contributed by atoms with Crippen LogP contribution in [0.3, 0.4) is 0 Å². The lowest BCUT2D eigenvalue weighted by molar-refractivity contribution is -0.117. The van der Waals surface area contributed by atoms with Crippen LogP contribution in [-0.2, 0) is 4.79 Å². The highest BCUT2D eigenvalue weighted by Crippen LogP contribution is 2.24. The minimum Gasteiger partial charge on any atom is -0.399 e. The maximum atomic E-state index is 11.8. The number of nitrogens with one attached hydrogen (secondary N) is 1. The van der Waals surface area contributed by atoms with Crippen LogP contribution in [0.25, 0.3) is 0 Å². The summed E-state index contributed by atoms with van der Waals surface area (Å²) >= 11 is 3.37. The molecular weight excluding hydrogens is 282 g/mol. The second kappa shape index (κ2) is 6.61. The maximum absolute atomic E-state index is 11.8. The number of nitrogens with two attached hydrogens (primary N) is 1. The number of benzene rings is 1. The summed E-state index contributed by atoms with van der Waals surface area (Å²) in [6, 6.07) is 5.32. The highest BCUT2D eigenvalue weighted by molar-refractivity contribution is 9.10. The molecule has 0 saturated carbocycles. The average molecular weight is 300 g/mol. The first-order chi connectivity index (χ1) is 8.06. The lowest BCUT2D eigenvalue weighted by atomic mass is 10.3. The van der Waals surface area contributed by atoms with Crippen LogP contribution in [0.4, 0.5) is 11.4 Å². The summed E-state index contributed by atoms with van der Waals surface area (Å²) in [5.41, 5.74) is 7.04. The van der Waals surface area contributed by atoms with Crippen molar-refractivity contribution in [2.24, 2.45) is 0 Å². The molecule has 17 heavy (non-hydrogen) atoms. The van der Waals surface area contributed by atoms with Gasteiger partial charge in [-0.15, -0.1) is 0 Å². The lowest BCUT2D eigenvalue weighted by Crippen LogP contribution is -2.32. The zero-order valence-electron chi connectivity index (χ0n) is 10.2. The molecule has 4 nitrogen and oxygen atoms in total. The minimum atomic E-state index is -0.0147. The van der Waals surface area contributed by atoms with E-state index in [2.05, 4.69) is 26.1 Å². The van der Waals surface area contributed by atoms with E-state index in [0.29, 0.717) is 12.2 Å². The molecule has 1 amide bonds. The van der Waals surface area contributed by atoms with E-state index >= 15 is 0 Å². The Kier molecular flexibility index (Phi) is 5.44. The van der Waals surface area contributed by atoms with Gasteiger partial charge >= 0.3 is 0 Å². The van der Waals surface area contributed by atoms with E-state index in [1.807, 2.05) is 13.8 Å². The molecule has 0 aliphatic carbocycles. The fraction of sp³-hybridized carbons (Fsp3) is 0.417. The Morgan fingerprint density at radius 2 is 2.06 bits per heavy atom. The lowest BCUT2D eigenvalue weighted by Gasteiger charge is -2.17. The molecule has 0 fully saturated rings. The largest absolute Gasteiger partial charge is 0.399 e. The first-order valence-corrected chi connectivity index (χ1v) is 6.43. The molecule has 5 heteroatoms. The number of halogens is 1. The van der Waals surface area contributed by atoms with Crippen LogP contribution in [-0.4, -0.2) is 30.4 Å². The Bertz CT molecular complexity index is 391. The predicted octanol–water partition coefficient (Wildman–Crippen LogP) is 2.31. The van der Waals surface area contributed by atoms with E-state index in [1.54, 1.807) is 18.2 Å². The molecule has 0 radical (unpaired) electrons. The van der Waals surface area contributed by atoms with Gasteiger partial charge in [0.1, 0.15) is 0 Å². The molecule has 1 aromatic carbocycles. The van der Waals surface area contributed by atoms with Crippen LogP contribution in [0, 0.1) is 0 Å². The standard InChI is InChI=1S/C12H18BrN3O/c1-3-16(4-2)8-12(17)15-11-6-5-9(14)7-10(11)13/h5-7H,3-4,8,14H2,1-2H3,(H,15,17). The number of carbonyl (C=O) groups excluding carboxylic acids is 1. The summed E-state index contributed by atoms with van der Waals surface area (Å²) in [5, 5.41) is 2.85. The molecule has 0 saturated heterocycles. The molecule has 1 rings (SSSR count). The number of hydrogen-bond acceptors (Lipinski definition) is 3. The van der Waals surface area contributed by atoms with Crippen LogP contribution in [0.15, 0.2) is 22.7 Å². The fourth-order valence-electron chi connectivity index (χ4n) is 1.47. The molecule has 0 aliphatic rings. The molecule has 0 heterocycles. The number of hydrogen-bond donors (Lipinski definition) is 2.